The summed E-state index contributed by atoms with van der Waals surface area (Å²) in [4.78, 5) is 13.4. The Morgan fingerprint density at radius 1 is 1.03 bits per heavy atom. The fourth-order valence-corrected chi connectivity index (χ4v) is 4.55. The van der Waals surface area contributed by atoms with Crippen molar-refractivity contribution < 1.29 is 14.3 Å². The molecule has 7 heteroatoms. The van der Waals surface area contributed by atoms with Crippen molar-refractivity contribution in [3.63, 3.8) is 0 Å². The highest BCUT2D eigenvalue weighted by Gasteiger charge is 2.30. The third-order valence-corrected chi connectivity index (χ3v) is 6.62. The van der Waals surface area contributed by atoms with Gasteiger partial charge in [0.25, 0.3) is 5.91 Å². The number of para-hydroxylation sites is 1. The molecule has 0 fully saturated rings. The zero-order valence-electron chi connectivity index (χ0n) is 21.4. The van der Waals surface area contributed by atoms with E-state index in [0.717, 1.165) is 34.5 Å². The Hall–Kier alpha value is -4.52. The first kappa shape index (κ1) is 24.2. The maximum absolute atomic E-state index is 13.4. The molecule has 0 unspecified atom stereocenters. The summed E-state index contributed by atoms with van der Waals surface area (Å²) < 4.78 is 13.1. The molecule has 37 heavy (non-hydrogen) atoms. The van der Waals surface area contributed by atoms with Crippen LogP contribution in [-0.4, -0.2) is 29.9 Å². The molecule has 0 saturated carbocycles. The van der Waals surface area contributed by atoms with Crippen molar-refractivity contribution >= 4 is 23.1 Å². The Kier molecular flexibility index (Phi) is 6.68. The van der Waals surface area contributed by atoms with E-state index in [0.29, 0.717) is 22.9 Å². The summed E-state index contributed by atoms with van der Waals surface area (Å²) in [5.41, 5.74) is 6.33. The van der Waals surface area contributed by atoms with Crippen LogP contribution in [0.3, 0.4) is 0 Å². The van der Waals surface area contributed by atoms with Crippen LogP contribution in [-0.2, 0) is 6.42 Å². The number of rotatable bonds is 7. The number of ether oxygens (including phenoxy) is 2. The summed E-state index contributed by atoms with van der Waals surface area (Å²) in [6, 6.07) is 21.6. The van der Waals surface area contributed by atoms with Crippen LogP contribution in [0.4, 0.5) is 11.5 Å². The van der Waals surface area contributed by atoms with Crippen LogP contribution in [0.25, 0.3) is 5.70 Å². The van der Waals surface area contributed by atoms with Crippen molar-refractivity contribution in [2.24, 2.45) is 0 Å². The minimum Gasteiger partial charge on any atom is -0.493 e. The van der Waals surface area contributed by atoms with Gasteiger partial charge in [-0.3, -0.25) is 4.79 Å². The van der Waals surface area contributed by atoms with Crippen LogP contribution in [0.1, 0.15) is 45.6 Å². The number of methoxy groups -OCH3 is 2. The molecular weight excluding hydrogens is 464 g/mol. The minimum atomic E-state index is -0.330. The smallest absolute Gasteiger partial charge is 0.261 e. The molecule has 7 nitrogen and oxygen atoms in total. The predicted molar refractivity (Wildman–Crippen MR) is 146 cm³/mol. The van der Waals surface area contributed by atoms with Gasteiger partial charge in [0.05, 0.1) is 20.4 Å². The predicted octanol–water partition coefficient (Wildman–Crippen LogP) is 6.08. The number of allylic oxidation sites excluding steroid dienone is 1. The molecule has 2 heterocycles. The van der Waals surface area contributed by atoms with Gasteiger partial charge < -0.3 is 20.1 Å². The Labute approximate surface area is 216 Å². The van der Waals surface area contributed by atoms with Crippen molar-refractivity contribution in [1.82, 2.24) is 9.78 Å². The lowest BCUT2D eigenvalue weighted by molar-refractivity contribution is 0.102. The number of nitrogens with zero attached hydrogens (tertiary/aromatic N) is 2. The van der Waals surface area contributed by atoms with Crippen LogP contribution in [0.2, 0.25) is 0 Å². The van der Waals surface area contributed by atoms with Gasteiger partial charge in [0.2, 0.25) is 0 Å². The van der Waals surface area contributed by atoms with Crippen molar-refractivity contribution in [2.45, 2.75) is 26.3 Å². The number of carbonyl (C=O) groups excluding carboxylic acids is 1. The number of aromatic nitrogens is 2. The van der Waals surface area contributed by atoms with Gasteiger partial charge in [-0.1, -0.05) is 61.0 Å². The average Bonchev–Trinajstić information content (AvgIpc) is 3.37. The molecule has 2 N–H and O–H groups in total. The van der Waals surface area contributed by atoms with Crippen LogP contribution in [0.5, 0.6) is 11.5 Å². The van der Waals surface area contributed by atoms with Crippen molar-refractivity contribution in [2.75, 3.05) is 24.9 Å². The van der Waals surface area contributed by atoms with E-state index in [2.05, 4.69) is 53.0 Å². The fraction of sp³-hybridized carbons (Fsp3) is 0.200. The topological polar surface area (TPSA) is 77.4 Å². The maximum Gasteiger partial charge on any atom is 0.261 e. The van der Waals surface area contributed by atoms with Crippen LogP contribution in [0, 0.1) is 6.92 Å². The Bertz CT molecular complexity index is 1450. The second kappa shape index (κ2) is 10.2. The molecule has 0 saturated heterocycles. The highest BCUT2D eigenvalue weighted by molar-refractivity contribution is 6.08. The summed E-state index contributed by atoms with van der Waals surface area (Å²) in [6.07, 6.45) is 4.66. The van der Waals surface area contributed by atoms with Crippen LogP contribution >= 0.6 is 0 Å². The molecular formula is C30H30N4O3. The fourth-order valence-electron chi connectivity index (χ4n) is 4.55. The Balaban J connectivity index is 1.60. The molecule has 1 aliphatic rings. The van der Waals surface area contributed by atoms with E-state index in [4.69, 9.17) is 9.47 Å². The maximum atomic E-state index is 13.4. The van der Waals surface area contributed by atoms with Gasteiger partial charge in [0.15, 0.2) is 11.5 Å². The second-order valence-corrected chi connectivity index (χ2v) is 8.95. The van der Waals surface area contributed by atoms with Gasteiger partial charge in [-0.2, -0.15) is 5.10 Å². The van der Waals surface area contributed by atoms with Crippen LogP contribution < -0.4 is 20.1 Å². The Morgan fingerprint density at radius 3 is 2.46 bits per heavy atom. The number of fused-ring (bicyclic) bond motifs is 1. The molecule has 188 valence electrons. The quantitative estimate of drug-likeness (QED) is 0.326. The standard InChI is InChI=1S/C30H30N4O3/c1-5-20-11-13-21(14-12-20)25-17-26(23-7-6-8-27(36-3)28(23)37-4)34-29(33-25)24(18-31-34)30(35)32-22-15-9-19(2)10-16-22/h6-18,26,33H,5H2,1-4H3,(H,32,35)/t26-/m0/s1. The third-order valence-electron chi connectivity index (χ3n) is 6.62. The molecule has 5 rings (SSSR count). The minimum absolute atomic E-state index is 0.239. The molecule has 1 amide bonds. The summed E-state index contributed by atoms with van der Waals surface area (Å²) in [5.74, 6) is 1.63. The van der Waals surface area contributed by atoms with Crippen molar-refractivity contribution in [1.29, 1.82) is 0 Å². The number of benzene rings is 3. The number of hydrogen-bond acceptors (Lipinski definition) is 5. The molecule has 4 aromatic rings. The lowest BCUT2D eigenvalue weighted by Crippen LogP contribution is -2.22. The lowest BCUT2D eigenvalue weighted by atomic mass is 9.99. The van der Waals surface area contributed by atoms with Gasteiger partial charge in [-0.15, -0.1) is 0 Å². The summed E-state index contributed by atoms with van der Waals surface area (Å²) in [7, 11) is 3.24. The Morgan fingerprint density at radius 2 is 1.78 bits per heavy atom. The first-order valence-corrected chi connectivity index (χ1v) is 12.3. The van der Waals surface area contributed by atoms with Gasteiger partial charge in [0, 0.05) is 16.9 Å². The number of carbonyl (C=O) groups is 1. The van der Waals surface area contributed by atoms with E-state index in [-0.39, 0.29) is 11.9 Å². The first-order chi connectivity index (χ1) is 18.0. The van der Waals surface area contributed by atoms with E-state index in [1.165, 1.54) is 5.56 Å². The summed E-state index contributed by atoms with van der Waals surface area (Å²) >= 11 is 0. The van der Waals surface area contributed by atoms with Gasteiger partial charge in [-0.25, -0.2) is 4.68 Å². The number of anilines is 2. The summed E-state index contributed by atoms with van der Waals surface area (Å²) in [6.45, 7) is 4.15. The SMILES string of the molecule is CCc1ccc(C2=C[C@@H](c3cccc(OC)c3OC)n3ncc(C(=O)Nc4ccc(C)cc4)c3N2)cc1. The third kappa shape index (κ3) is 4.68. The van der Waals surface area contributed by atoms with Gasteiger partial charge >= 0.3 is 0 Å². The highest BCUT2D eigenvalue weighted by Crippen LogP contribution is 2.41. The summed E-state index contributed by atoms with van der Waals surface area (Å²) in [5, 5.41) is 11.1. The first-order valence-electron chi connectivity index (χ1n) is 12.3. The molecule has 1 atom stereocenters. The van der Waals surface area contributed by atoms with Crippen molar-refractivity contribution in [3.05, 3.63) is 107 Å². The number of nitrogens with one attached hydrogen (secondary N) is 2. The average molecular weight is 495 g/mol. The zero-order chi connectivity index (χ0) is 25.9. The molecule has 0 radical (unpaired) electrons. The second-order valence-electron chi connectivity index (χ2n) is 8.95. The largest absolute Gasteiger partial charge is 0.493 e. The van der Waals surface area contributed by atoms with E-state index in [9.17, 15) is 4.79 Å². The van der Waals surface area contributed by atoms with E-state index in [1.54, 1.807) is 20.4 Å². The number of hydrogen-bond donors (Lipinski definition) is 2. The molecule has 0 aliphatic carbocycles. The molecule has 0 bridgehead atoms. The molecule has 3 aromatic carbocycles. The molecule has 0 spiro atoms. The molecule has 1 aromatic heterocycles. The van der Waals surface area contributed by atoms with Gasteiger partial charge in [-0.05, 0) is 48.7 Å². The molecule has 1 aliphatic heterocycles. The van der Waals surface area contributed by atoms with E-state index >= 15 is 0 Å². The van der Waals surface area contributed by atoms with E-state index in [1.807, 2.05) is 54.1 Å². The number of amides is 1. The lowest BCUT2D eigenvalue weighted by Gasteiger charge is -2.27. The van der Waals surface area contributed by atoms with Gasteiger partial charge in [0.1, 0.15) is 17.4 Å². The highest BCUT2D eigenvalue weighted by atomic mass is 16.5. The normalized spacial score (nSPS) is 14.3. The van der Waals surface area contributed by atoms with E-state index < -0.39 is 0 Å². The monoisotopic (exact) mass is 494 g/mol. The van der Waals surface area contributed by atoms with Crippen molar-refractivity contribution in [3.8, 4) is 11.5 Å². The number of aryl methyl sites for hydroxylation is 2. The zero-order valence-corrected chi connectivity index (χ0v) is 21.4. The van der Waals surface area contributed by atoms with Crippen LogP contribution in [0.15, 0.2) is 79.0 Å².